The van der Waals surface area contributed by atoms with Crippen LogP contribution < -0.4 is 9.47 Å². The minimum atomic E-state index is -0.852. The predicted octanol–water partition coefficient (Wildman–Crippen LogP) is 3.58. The van der Waals surface area contributed by atoms with Crippen molar-refractivity contribution in [3.8, 4) is 22.8 Å². The van der Waals surface area contributed by atoms with Gasteiger partial charge in [0.2, 0.25) is 0 Å². The van der Waals surface area contributed by atoms with E-state index in [1.54, 1.807) is 14.2 Å². The molecule has 0 saturated carbocycles. The third-order valence-corrected chi connectivity index (χ3v) is 5.76. The van der Waals surface area contributed by atoms with Crippen molar-refractivity contribution in [1.29, 1.82) is 0 Å². The van der Waals surface area contributed by atoms with Gasteiger partial charge in [-0.3, -0.25) is 10.00 Å². The van der Waals surface area contributed by atoms with Crippen LogP contribution in [0.5, 0.6) is 11.5 Å². The molecule has 0 bridgehead atoms. The van der Waals surface area contributed by atoms with E-state index in [9.17, 15) is 5.11 Å². The number of rotatable bonds is 6. The minimum Gasteiger partial charge on any atom is -0.497 e. The zero-order valence-corrected chi connectivity index (χ0v) is 16.9. The SMILES string of the molecule is COc1cccc(-c2[nH]ncc2CN2CCC(O)(c3ccccc3OC)CC2)c1. The Hall–Kier alpha value is -2.83. The van der Waals surface area contributed by atoms with Crippen LogP contribution in [0.1, 0.15) is 24.0 Å². The van der Waals surface area contributed by atoms with Crippen molar-refractivity contribution in [2.45, 2.75) is 25.0 Å². The Morgan fingerprint density at radius 2 is 1.86 bits per heavy atom. The van der Waals surface area contributed by atoms with Gasteiger partial charge in [-0.25, -0.2) is 0 Å². The smallest absolute Gasteiger partial charge is 0.124 e. The molecule has 0 aliphatic carbocycles. The molecule has 2 N–H and O–H groups in total. The number of aromatic amines is 1. The van der Waals surface area contributed by atoms with Crippen molar-refractivity contribution >= 4 is 0 Å². The number of ether oxygens (including phenoxy) is 2. The molecule has 6 nitrogen and oxygen atoms in total. The van der Waals surface area contributed by atoms with Crippen molar-refractivity contribution in [3.05, 3.63) is 65.9 Å². The Morgan fingerprint density at radius 1 is 1.07 bits per heavy atom. The summed E-state index contributed by atoms with van der Waals surface area (Å²) in [6.45, 7) is 2.39. The summed E-state index contributed by atoms with van der Waals surface area (Å²) in [6.07, 6.45) is 3.22. The fourth-order valence-electron chi connectivity index (χ4n) is 4.08. The van der Waals surface area contributed by atoms with Crippen molar-refractivity contribution in [1.82, 2.24) is 15.1 Å². The molecule has 1 aliphatic rings. The van der Waals surface area contributed by atoms with Crippen LogP contribution in [-0.2, 0) is 12.1 Å². The van der Waals surface area contributed by atoms with Crippen LogP contribution in [0.2, 0.25) is 0 Å². The Kier molecular flexibility index (Phi) is 5.56. The molecule has 6 heteroatoms. The Bertz CT molecular complexity index is 961. The lowest BCUT2D eigenvalue weighted by Gasteiger charge is -2.39. The van der Waals surface area contributed by atoms with Gasteiger partial charge in [0.05, 0.1) is 31.7 Å². The second-order valence-corrected chi connectivity index (χ2v) is 7.51. The van der Waals surface area contributed by atoms with Gasteiger partial charge >= 0.3 is 0 Å². The molecule has 1 aromatic heterocycles. The van der Waals surface area contributed by atoms with E-state index in [1.165, 1.54) is 0 Å². The number of aliphatic hydroxyl groups is 1. The second kappa shape index (κ2) is 8.27. The molecular formula is C23H27N3O3. The molecule has 4 rings (SSSR count). The topological polar surface area (TPSA) is 70.6 Å². The van der Waals surface area contributed by atoms with E-state index in [4.69, 9.17) is 9.47 Å². The molecule has 0 amide bonds. The van der Waals surface area contributed by atoms with Gasteiger partial charge in [0.15, 0.2) is 0 Å². The van der Waals surface area contributed by atoms with Crippen LogP contribution in [-0.4, -0.2) is 47.5 Å². The van der Waals surface area contributed by atoms with Crippen LogP contribution in [0.3, 0.4) is 0 Å². The van der Waals surface area contributed by atoms with Gasteiger partial charge in [0.1, 0.15) is 11.5 Å². The highest BCUT2D eigenvalue weighted by Gasteiger charge is 2.36. The maximum absolute atomic E-state index is 11.2. The van der Waals surface area contributed by atoms with E-state index in [0.717, 1.165) is 53.5 Å². The second-order valence-electron chi connectivity index (χ2n) is 7.51. The lowest BCUT2D eigenvalue weighted by Crippen LogP contribution is -2.42. The van der Waals surface area contributed by atoms with Crippen LogP contribution in [0.15, 0.2) is 54.7 Å². The number of aromatic nitrogens is 2. The van der Waals surface area contributed by atoms with Gasteiger partial charge in [-0.05, 0) is 31.0 Å². The number of hydrogen-bond acceptors (Lipinski definition) is 5. The Morgan fingerprint density at radius 3 is 2.62 bits per heavy atom. The first-order valence-electron chi connectivity index (χ1n) is 9.88. The molecule has 152 valence electrons. The van der Waals surface area contributed by atoms with Crippen molar-refractivity contribution in [2.75, 3.05) is 27.3 Å². The first kappa shape index (κ1) is 19.5. The Balaban J connectivity index is 1.46. The van der Waals surface area contributed by atoms with Crippen LogP contribution in [0.4, 0.5) is 0 Å². The van der Waals surface area contributed by atoms with E-state index in [1.807, 2.05) is 48.7 Å². The molecule has 1 fully saturated rings. The zero-order valence-electron chi connectivity index (χ0n) is 16.9. The molecule has 0 atom stereocenters. The molecule has 3 aromatic rings. The number of para-hydroxylation sites is 1. The van der Waals surface area contributed by atoms with Gasteiger partial charge in [-0.2, -0.15) is 5.10 Å². The summed E-state index contributed by atoms with van der Waals surface area (Å²) in [5.74, 6) is 1.57. The third kappa shape index (κ3) is 3.99. The summed E-state index contributed by atoms with van der Waals surface area (Å²) in [5, 5.41) is 18.6. The highest BCUT2D eigenvalue weighted by atomic mass is 16.5. The lowest BCUT2D eigenvalue weighted by molar-refractivity contribution is -0.0292. The lowest BCUT2D eigenvalue weighted by atomic mass is 9.83. The van der Waals surface area contributed by atoms with Gasteiger partial charge in [-0.15, -0.1) is 0 Å². The normalized spacial score (nSPS) is 16.5. The number of hydrogen-bond donors (Lipinski definition) is 2. The van der Waals surface area contributed by atoms with Gasteiger partial charge in [0.25, 0.3) is 0 Å². The summed E-state index contributed by atoms with van der Waals surface area (Å²) in [7, 11) is 3.32. The zero-order chi connectivity index (χ0) is 20.3. The van der Waals surface area contributed by atoms with Crippen LogP contribution in [0, 0.1) is 0 Å². The molecule has 2 aromatic carbocycles. The summed E-state index contributed by atoms with van der Waals surface area (Å²) in [4.78, 5) is 2.36. The number of H-pyrrole nitrogens is 1. The molecule has 0 unspecified atom stereocenters. The number of nitrogens with zero attached hydrogens (tertiary/aromatic N) is 2. The van der Waals surface area contributed by atoms with Crippen molar-refractivity contribution in [2.24, 2.45) is 0 Å². The standard InChI is InChI=1S/C23H27N3O3/c1-28-19-7-5-6-17(14-19)22-18(15-24-25-22)16-26-12-10-23(27,11-13-26)20-8-3-4-9-21(20)29-2/h3-9,14-15,27H,10-13,16H2,1-2H3,(H,24,25). The average molecular weight is 393 g/mol. The first-order valence-corrected chi connectivity index (χ1v) is 9.88. The fourth-order valence-corrected chi connectivity index (χ4v) is 4.08. The molecule has 2 heterocycles. The van der Waals surface area contributed by atoms with E-state index in [2.05, 4.69) is 21.2 Å². The Labute approximate surface area is 171 Å². The van der Waals surface area contributed by atoms with E-state index in [0.29, 0.717) is 12.8 Å². The molecule has 1 saturated heterocycles. The van der Waals surface area contributed by atoms with Gasteiger partial charge in [0, 0.05) is 36.3 Å². The highest BCUT2D eigenvalue weighted by molar-refractivity contribution is 5.64. The monoisotopic (exact) mass is 393 g/mol. The van der Waals surface area contributed by atoms with E-state index in [-0.39, 0.29) is 0 Å². The highest BCUT2D eigenvalue weighted by Crippen LogP contribution is 2.38. The average Bonchev–Trinajstić information content (AvgIpc) is 3.23. The molecular weight excluding hydrogens is 366 g/mol. The predicted molar refractivity (Wildman–Crippen MR) is 112 cm³/mol. The maximum atomic E-state index is 11.2. The largest absolute Gasteiger partial charge is 0.497 e. The summed E-state index contributed by atoms with van der Waals surface area (Å²) < 4.78 is 10.8. The van der Waals surface area contributed by atoms with Gasteiger partial charge in [-0.1, -0.05) is 30.3 Å². The summed E-state index contributed by atoms with van der Waals surface area (Å²) in [5.41, 5.74) is 3.23. The summed E-state index contributed by atoms with van der Waals surface area (Å²) in [6, 6.07) is 15.7. The van der Waals surface area contributed by atoms with Crippen LogP contribution >= 0.6 is 0 Å². The number of benzene rings is 2. The quantitative estimate of drug-likeness (QED) is 0.670. The number of nitrogens with one attached hydrogen (secondary N) is 1. The minimum absolute atomic E-state index is 0.666. The van der Waals surface area contributed by atoms with E-state index < -0.39 is 5.60 Å². The molecule has 0 radical (unpaired) electrons. The first-order chi connectivity index (χ1) is 14.1. The summed E-state index contributed by atoms with van der Waals surface area (Å²) >= 11 is 0. The fraction of sp³-hybridized carbons (Fsp3) is 0.348. The molecule has 1 aliphatic heterocycles. The number of likely N-dealkylation sites (tertiary alicyclic amines) is 1. The van der Waals surface area contributed by atoms with Crippen LogP contribution in [0.25, 0.3) is 11.3 Å². The molecule has 0 spiro atoms. The number of methoxy groups -OCH3 is 2. The van der Waals surface area contributed by atoms with E-state index >= 15 is 0 Å². The third-order valence-electron chi connectivity index (χ3n) is 5.76. The maximum Gasteiger partial charge on any atom is 0.124 e. The number of piperidine rings is 1. The molecule has 29 heavy (non-hydrogen) atoms. The van der Waals surface area contributed by atoms with Gasteiger partial charge < -0.3 is 14.6 Å². The van der Waals surface area contributed by atoms with Crippen molar-refractivity contribution in [3.63, 3.8) is 0 Å². The van der Waals surface area contributed by atoms with Crippen molar-refractivity contribution < 1.29 is 14.6 Å².